The van der Waals surface area contributed by atoms with E-state index in [0.717, 1.165) is 22.2 Å². The van der Waals surface area contributed by atoms with Gasteiger partial charge in [-0.25, -0.2) is 9.37 Å². The zero-order chi connectivity index (χ0) is 25.5. The van der Waals surface area contributed by atoms with E-state index in [2.05, 4.69) is 35.8 Å². The van der Waals surface area contributed by atoms with Crippen LogP contribution in [0.1, 0.15) is 20.3 Å². The second-order valence-corrected chi connectivity index (χ2v) is 9.97. The number of rotatable bonds is 6. The molecule has 5 aromatic heterocycles. The third-order valence-corrected chi connectivity index (χ3v) is 6.69. The Morgan fingerprint density at radius 3 is 2.81 bits per heavy atom. The lowest BCUT2D eigenvalue weighted by molar-refractivity contribution is -0.116. The smallest absolute Gasteiger partial charge is 0.224 e. The van der Waals surface area contributed by atoms with Gasteiger partial charge in [0.1, 0.15) is 11.4 Å². The van der Waals surface area contributed by atoms with Crippen LogP contribution in [0.5, 0.6) is 0 Å². The first-order valence-corrected chi connectivity index (χ1v) is 12.7. The number of imidazole rings is 1. The maximum atomic E-state index is 16.0. The van der Waals surface area contributed by atoms with Gasteiger partial charge in [0.2, 0.25) is 5.91 Å². The lowest BCUT2D eigenvalue weighted by atomic mass is 10.1. The predicted molar refractivity (Wildman–Crippen MR) is 144 cm³/mol. The van der Waals surface area contributed by atoms with Crippen LogP contribution in [0.3, 0.4) is 0 Å². The molecule has 0 unspecified atom stereocenters. The van der Waals surface area contributed by atoms with Crippen molar-refractivity contribution in [1.82, 2.24) is 30.1 Å². The van der Waals surface area contributed by atoms with Gasteiger partial charge in [-0.05, 0) is 40.4 Å². The molecule has 0 aliphatic rings. The summed E-state index contributed by atoms with van der Waals surface area (Å²) < 4.78 is 16.0. The molecule has 184 valence electrons. The summed E-state index contributed by atoms with van der Waals surface area (Å²) in [5.41, 5.74) is 5.53. The number of aromatic amines is 2. The standard InChI is InChI=1S/C27H22FN7OS/c1-14(2)8-21(36)31-17-9-16(10-29-11-17)24-23(28)22-20(12-30-24)34-35-26(22)27-32-19-5-3-4-18(25(19)33-27)15-6-7-37-13-15/h3-7,9-14H,8H2,1-2H3,(H,31,36)(H,32,33)(H,34,35). The van der Waals surface area contributed by atoms with Gasteiger partial charge in [-0.2, -0.15) is 16.4 Å². The van der Waals surface area contributed by atoms with Crippen molar-refractivity contribution in [1.29, 1.82) is 0 Å². The first kappa shape index (κ1) is 23.0. The minimum Gasteiger partial charge on any atom is -0.337 e. The van der Waals surface area contributed by atoms with Crippen LogP contribution in [0.4, 0.5) is 10.1 Å². The van der Waals surface area contributed by atoms with Gasteiger partial charge in [-0.3, -0.25) is 19.9 Å². The van der Waals surface area contributed by atoms with Crippen molar-refractivity contribution in [3.05, 3.63) is 65.5 Å². The number of H-pyrrole nitrogens is 2. The highest BCUT2D eigenvalue weighted by atomic mass is 32.1. The van der Waals surface area contributed by atoms with E-state index in [1.165, 1.54) is 18.6 Å². The zero-order valence-electron chi connectivity index (χ0n) is 20.0. The third kappa shape index (κ3) is 4.25. The van der Waals surface area contributed by atoms with Gasteiger partial charge in [-0.1, -0.05) is 26.0 Å². The van der Waals surface area contributed by atoms with Crippen LogP contribution < -0.4 is 5.32 Å². The number of anilines is 1. The monoisotopic (exact) mass is 511 g/mol. The molecule has 37 heavy (non-hydrogen) atoms. The number of nitrogens with one attached hydrogen (secondary N) is 3. The lowest BCUT2D eigenvalue weighted by Gasteiger charge is -2.09. The highest BCUT2D eigenvalue weighted by Gasteiger charge is 2.21. The van der Waals surface area contributed by atoms with Crippen LogP contribution in [0, 0.1) is 11.7 Å². The second kappa shape index (κ2) is 9.21. The molecule has 0 fully saturated rings. The van der Waals surface area contributed by atoms with Crippen molar-refractivity contribution in [2.75, 3.05) is 5.32 Å². The number of halogens is 1. The van der Waals surface area contributed by atoms with Crippen molar-refractivity contribution >= 4 is 44.9 Å². The maximum absolute atomic E-state index is 16.0. The predicted octanol–water partition coefficient (Wildman–Crippen LogP) is 6.42. The number of fused-ring (bicyclic) bond motifs is 2. The number of carbonyl (C=O) groups excluding carboxylic acids is 1. The highest BCUT2D eigenvalue weighted by molar-refractivity contribution is 7.08. The van der Waals surface area contributed by atoms with Crippen LogP contribution in [-0.4, -0.2) is 36.0 Å². The van der Waals surface area contributed by atoms with E-state index < -0.39 is 5.82 Å². The fraction of sp³-hybridized carbons (Fsp3) is 0.148. The normalized spacial score (nSPS) is 11.6. The largest absolute Gasteiger partial charge is 0.337 e. The molecular weight excluding hydrogens is 489 g/mol. The molecule has 1 amide bonds. The van der Waals surface area contributed by atoms with Crippen LogP contribution in [-0.2, 0) is 4.79 Å². The molecule has 0 saturated carbocycles. The minimum atomic E-state index is -0.549. The molecule has 1 aromatic carbocycles. The molecule has 0 spiro atoms. The van der Waals surface area contributed by atoms with E-state index in [1.54, 1.807) is 17.4 Å². The SMILES string of the molecule is CC(C)CC(=O)Nc1cncc(-c2ncc3[nH]nc(-c4nc5c(-c6ccsc6)cccc5[nH]4)c3c2F)c1. The molecule has 5 heterocycles. The fourth-order valence-corrected chi connectivity index (χ4v) is 5.02. The summed E-state index contributed by atoms with van der Waals surface area (Å²) in [6.07, 6.45) is 4.96. The number of carbonyl (C=O) groups is 1. The van der Waals surface area contributed by atoms with Crippen molar-refractivity contribution in [3.8, 4) is 33.9 Å². The summed E-state index contributed by atoms with van der Waals surface area (Å²) in [6.45, 7) is 3.94. The minimum absolute atomic E-state index is 0.109. The van der Waals surface area contributed by atoms with Crippen LogP contribution in [0.15, 0.2) is 59.7 Å². The summed E-state index contributed by atoms with van der Waals surface area (Å²) >= 11 is 1.62. The number of hydrogen-bond acceptors (Lipinski definition) is 6. The number of nitrogens with zero attached hydrogens (tertiary/aromatic N) is 4. The van der Waals surface area contributed by atoms with E-state index >= 15 is 4.39 Å². The number of amides is 1. The number of aromatic nitrogens is 6. The zero-order valence-corrected chi connectivity index (χ0v) is 20.9. The molecule has 0 saturated heterocycles. The Morgan fingerprint density at radius 2 is 2.00 bits per heavy atom. The van der Waals surface area contributed by atoms with Gasteiger partial charge in [-0.15, -0.1) is 0 Å². The Kier molecular flexibility index (Phi) is 5.72. The second-order valence-electron chi connectivity index (χ2n) is 9.19. The first-order valence-electron chi connectivity index (χ1n) is 11.8. The molecule has 0 aliphatic carbocycles. The molecule has 0 atom stereocenters. The topological polar surface area (TPSA) is 112 Å². The molecular formula is C27H22FN7OS. The van der Waals surface area contributed by atoms with Gasteiger partial charge < -0.3 is 10.3 Å². The van der Waals surface area contributed by atoms with E-state index in [4.69, 9.17) is 4.98 Å². The lowest BCUT2D eigenvalue weighted by Crippen LogP contribution is -2.14. The van der Waals surface area contributed by atoms with Crippen molar-refractivity contribution < 1.29 is 9.18 Å². The molecule has 6 rings (SSSR count). The molecule has 0 bridgehead atoms. The van der Waals surface area contributed by atoms with E-state index in [9.17, 15) is 4.79 Å². The number of thiophene rings is 1. The van der Waals surface area contributed by atoms with Gasteiger partial charge >= 0.3 is 0 Å². The molecule has 3 N–H and O–H groups in total. The highest BCUT2D eigenvalue weighted by Crippen LogP contribution is 2.35. The Morgan fingerprint density at radius 1 is 1.11 bits per heavy atom. The van der Waals surface area contributed by atoms with E-state index in [1.807, 2.05) is 43.5 Å². The summed E-state index contributed by atoms with van der Waals surface area (Å²) in [7, 11) is 0. The fourth-order valence-electron chi connectivity index (χ4n) is 4.36. The van der Waals surface area contributed by atoms with Crippen molar-refractivity contribution in [2.24, 2.45) is 5.92 Å². The molecule has 10 heteroatoms. The Labute approximate surface area is 215 Å². The number of pyridine rings is 2. The molecule has 0 radical (unpaired) electrons. The van der Waals surface area contributed by atoms with Crippen LogP contribution in [0.25, 0.3) is 55.8 Å². The van der Waals surface area contributed by atoms with Gasteiger partial charge in [0.15, 0.2) is 11.6 Å². The average Bonchev–Trinajstić information content (AvgIpc) is 3.62. The summed E-state index contributed by atoms with van der Waals surface area (Å²) in [5, 5.41) is 14.4. The Bertz CT molecular complexity index is 1750. The third-order valence-electron chi connectivity index (χ3n) is 6.00. The van der Waals surface area contributed by atoms with Gasteiger partial charge in [0.25, 0.3) is 0 Å². The Hall–Kier alpha value is -4.44. The maximum Gasteiger partial charge on any atom is 0.224 e. The summed E-state index contributed by atoms with van der Waals surface area (Å²) in [6, 6.07) is 9.62. The number of hydrogen-bond donors (Lipinski definition) is 3. The molecule has 8 nitrogen and oxygen atoms in total. The van der Waals surface area contributed by atoms with Gasteiger partial charge in [0, 0.05) is 23.7 Å². The van der Waals surface area contributed by atoms with Crippen LogP contribution >= 0.6 is 11.3 Å². The van der Waals surface area contributed by atoms with E-state index in [-0.39, 0.29) is 22.9 Å². The average molecular weight is 512 g/mol. The number of para-hydroxylation sites is 1. The van der Waals surface area contributed by atoms with E-state index in [0.29, 0.717) is 34.7 Å². The summed E-state index contributed by atoms with van der Waals surface area (Å²) in [4.78, 5) is 28.8. The first-order chi connectivity index (χ1) is 18.0. The quantitative estimate of drug-likeness (QED) is 0.239. The van der Waals surface area contributed by atoms with Crippen molar-refractivity contribution in [2.45, 2.75) is 20.3 Å². The van der Waals surface area contributed by atoms with Gasteiger partial charge in [0.05, 0.1) is 40.0 Å². The molecule has 0 aliphatic heterocycles. The number of benzene rings is 1. The van der Waals surface area contributed by atoms with Crippen molar-refractivity contribution in [3.63, 3.8) is 0 Å². The molecule has 6 aromatic rings. The summed E-state index contributed by atoms with van der Waals surface area (Å²) in [5.74, 6) is -0.00145. The Balaban J connectivity index is 1.42. The van der Waals surface area contributed by atoms with Crippen LogP contribution in [0.2, 0.25) is 0 Å².